The predicted octanol–water partition coefficient (Wildman–Crippen LogP) is 4.96. The Morgan fingerprint density at radius 2 is 1.88 bits per heavy atom. The SMILES string of the molecule is CCCCS(=O)(=O)Cc1cc(-c2ccc(=O)n(C)c2)nc(Oc2c(C)cc(Cl)cc2Cl)n1. The lowest BCUT2D eigenvalue weighted by atomic mass is 10.2. The molecule has 0 bridgehead atoms. The Bertz CT molecular complexity index is 1280. The van der Waals surface area contributed by atoms with Gasteiger partial charge in [-0.1, -0.05) is 36.5 Å². The normalized spacial score (nSPS) is 11.5. The van der Waals surface area contributed by atoms with Gasteiger partial charge in [0.1, 0.15) is 0 Å². The van der Waals surface area contributed by atoms with Crippen molar-refractivity contribution in [2.24, 2.45) is 7.05 Å². The van der Waals surface area contributed by atoms with E-state index in [4.69, 9.17) is 27.9 Å². The van der Waals surface area contributed by atoms with Crippen molar-refractivity contribution in [1.82, 2.24) is 14.5 Å². The van der Waals surface area contributed by atoms with Crippen LogP contribution in [0.25, 0.3) is 11.3 Å². The summed E-state index contributed by atoms with van der Waals surface area (Å²) in [6, 6.07) is 7.80. The summed E-state index contributed by atoms with van der Waals surface area (Å²) in [6.45, 7) is 3.71. The molecule has 0 atom stereocenters. The van der Waals surface area contributed by atoms with Crippen molar-refractivity contribution < 1.29 is 13.2 Å². The number of hydrogen-bond donors (Lipinski definition) is 0. The summed E-state index contributed by atoms with van der Waals surface area (Å²) >= 11 is 12.3. The van der Waals surface area contributed by atoms with E-state index in [1.54, 1.807) is 44.4 Å². The first-order chi connectivity index (χ1) is 15.1. The van der Waals surface area contributed by atoms with Gasteiger partial charge in [0.05, 0.1) is 27.9 Å². The van der Waals surface area contributed by atoms with E-state index in [9.17, 15) is 13.2 Å². The number of halogens is 2. The molecule has 0 saturated carbocycles. The van der Waals surface area contributed by atoms with E-state index in [0.29, 0.717) is 34.0 Å². The summed E-state index contributed by atoms with van der Waals surface area (Å²) in [5, 5.41) is 0.741. The number of sulfone groups is 1. The molecule has 32 heavy (non-hydrogen) atoms. The lowest BCUT2D eigenvalue weighted by Crippen LogP contribution is -2.14. The fraction of sp³-hybridized carbons (Fsp3) is 0.318. The minimum atomic E-state index is -3.37. The Morgan fingerprint density at radius 3 is 2.53 bits per heavy atom. The van der Waals surface area contributed by atoms with Gasteiger partial charge in [-0.15, -0.1) is 0 Å². The second-order valence-electron chi connectivity index (χ2n) is 7.48. The lowest BCUT2D eigenvalue weighted by molar-refractivity contribution is 0.438. The van der Waals surface area contributed by atoms with Crippen LogP contribution >= 0.6 is 23.2 Å². The van der Waals surface area contributed by atoms with Crippen LogP contribution in [-0.4, -0.2) is 28.7 Å². The van der Waals surface area contributed by atoms with Crippen LogP contribution in [0.5, 0.6) is 11.8 Å². The second-order valence-corrected chi connectivity index (χ2v) is 10.5. The molecule has 0 saturated heterocycles. The van der Waals surface area contributed by atoms with Crippen LogP contribution in [0.4, 0.5) is 0 Å². The van der Waals surface area contributed by atoms with Crippen LogP contribution in [0.15, 0.2) is 41.3 Å². The highest BCUT2D eigenvalue weighted by Gasteiger charge is 2.18. The number of hydrogen-bond acceptors (Lipinski definition) is 6. The summed E-state index contributed by atoms with van der Waals surface area (Å²) < 4.78 is 32.4. The minimum absolute atomic E-state index is 0.0515. The quantitative estimate of drug-likeness (QED) is 0.438. The van der Waals surface area contributed by atoms with Gasteiger partial charge < -0.3 is 9.30 Å². The molecular weight excluding hydrogens is 473 g/mol. The summed E-state index contributed by atoms with van der Waals surface area (Å²) in [6.07, 6.45) is 2.96. The number of nitrogens with zero attached hydrogens (tertiary/aromatic N) is 3. The average molecular weight is 496 g/mol. The smallest absolute Gasteiger partial charge is 0.322 e. The molecule has 170 valence electrons. The fourth-order valence-electron chi connectivity index (χ4n) is 3.06. The zero-order valence-electron chi connectivity index (χ0n) is 17.9. The third-order valence-electron chi connectivity index (χ3n) is 4.70. The van der Waals surface area contributed by atoms with Gasteiger partial charge in [-0.3, -0.25) is 4.79 Å². The van der Waals surface area contributed by atoms with Gasteiger partial charge in [-0.05, 0) is 43.2 Å². The maximum atomic E-state index is 12.5. The molecule has 0 aliphatic heterocycles. The van der Waals surface area contributed by atoms with Gasteiger partial charge in [0.2, 0.25) is 5.56 Å². The summed E-state index contributed by atoms with van der Waals surface area (Å²) in [5.41, 5.74) is 1.83. The van der Waals surface area contributed by atoms with Crippen molar-refractivity contribution in [3.8, 4) is 23.0 Å². The van der Waals surface area contributed by atoms with Gasteiger partial charge in [0.25, 0.3) is 0 Å². The molecular formula is C22H23Cl2N3O4S. The first kappa shape index (κ1) is 24.2. The molecule has 0 fully saturated rings. The van der Waals surface area contributed by atoms with E-state index in [1.165, 1.54) is 10.6 Å². The van der Waals surface area contributed by atoms with Crippen LogP contribution in [0.3, 0.4) is 0 Å². The van der Waals surface area contributed by atoms with Crippen molar-refractivity contribution in [2.45, 2.75) is 32.4 Å². The van der Waals surface area contributed by atoms with Crippen molar-refractivity contribution in [1.29, 1.82) is 0 Å². The number of benzene rings is 1. The number of ether oxygens (including phenoxy) is 1. The van der Waals surface area contributed by atoms with Gasteiger partial charge in [0.15, 0.2) is 15.6 Å². The minimum Gasteiger partial charge on any atom is -0.422 e. The van der Waals surface area contributed by atoms with Crippen LogP contribution in [0.1, 0.15) is 31.0 Å². The summed E-state index contributed by atoms with van der Waals surface area (Å²) in [7, 11) is -1.74. The third kappa shape index (κ3) is 6.09. The number of aromatic nitrogens is 3. The van der Waals surface area contributed by atoms with Gasteiger partial charge in [-0.25, -0.2) is 8.42 Å². The van der Waals surface area contributed by atoms with Crippen molar-refractivity contribution in [3.63, 3.8) is 0 Å². The van der Waals surface area contributed by atoms with Crippen LogP contribution in [-0.2, 0) is 22.6 Å². The molecule has 0 N–H and O–H groups in total. The first-order valence-electron chi connectivity index (χ1n) is 9.97. The van der Waals surface area contributed by atoms with Crippen molar-refractivity contribution >= 4 is 33.0 Å². The highest BCUT2D eigenvalue weighted by Crippen LogP contribution is 2.35. The Hall–Kier alpha value is -2.42. The molecule has 2 aromatic heterocycles. The Morgan fingerprint density at radius 1 is 1.12 bits per heavy atom. The van der Waals surface area contributed by atoms with Gasteiger partial charge in [-0.2, -0.15) is 9.97 Å². The topological polar surface area (TPSA) is 91.2 Å². The highest BCUT2D eigenvalue weighted by atomic mass is 35.5. The molecule has 0 aliphatic carbocycles. The van der Waals surface area contributed by atoms with Gasteiger partial charge in [0, 0.05) is 29.9 Å². The number of aryl methyl sites for hydroxylation is 2. The number of unbranched alkanes of at least 4 members (excludes halogenated alkanes) is 1. The largest absolute Gasteiger partial charge is 0.422 e. The lowest BCUT2D eigenvalue weighted by Gasteiger charge is -2.13. The van der Waals surface area contributed by atoms with Crippen LogP contribution in [0.2, 0.25) is 10.0 Å². The molecule has 2 heterocycles. The second kappa shape index (κ2) is 10.0. The molecule has 0 spiro atoms. The molecule has 0 amide bonds. The van der Waals surface area contributed by atoms with E-state index in [-0.39, 0.29) is 33.8 Å². The molecule has 3 aromatic rings. The predicted molar refractivity (Wildman–Crippen MR) is 126 cm³/mol. The Balaban J connectivity index is 2.08. The van der Waals surface area contributed by atoms with Gasteiger partial charge >= 0.3 is 6.01 Å². The molecule has 0 unspecified atom stereocenters. The standard InChI is InChI=1S/C22H23Cl2N3O4S/c1-4-5-8-32(29,30)13-17-11-19(15-6-7-20(28)27(3)12-15)26-22(25-17)31-21-14(2)9-16(23)10-18(21)24/h6-7,9-12H,4-5,8,13H2,1-3H3. The zero-order chi connectivity index (χ0) is 23.5. The van der Waals surface area contributed by atoms with E-state index >= 15 is 0 Å². The monoisotopic (exact) mass is 495 g/mol. The van der Waals surface area contributed by atoms with Crippen LogP contribution < -0.4 is 10.3 Å². The van der Waals surface area contributed by atoms with Crippen molar-refractivity contribution in [3.05, 3.63) is 68.2 Å². The Kier molecular flexibility index (Phi) is 7.59. The zero-order valence-corrected chi connectivity index (χ0v) is 20.3. The average Bonchev–Trinajstić information content (AvgIpc) is 2.70. The summed E-state index contributed by atoms with van der Waals surface area (Å²) in [4.78, 5) is 20.5. The maximum Gasteiger partial charge on any atom is 0.322 e. The fourth-order valence-corrected chi connectivity index (χ4v) is 5.16. The first-order valence-corrected chi connectivity index (χ1v) is 12.5. The van der Waals surface area contributed by atoms with Crippen LogP contribution in [0, 0.1) is 6.92 Å². The molecule has 7 nitrogen and oxygen atoms in total. The van der Waals surface area contributed by atoms with E-state index in [1.807, 2.05) is 6.92 Å². The Labute approximate surface area is 196 Å². The highest BCUT2D eigenvalue weighted by molar-refractivity contribution is 7.90. The molecule has 1 aromatic carbocycles. The molecule has 10 heteroatoms. The van der Waals surface area contributed by atoms with E-state index < -0.39 is 9.84 Å². The molecule has 0 aliphatic rings. The summed E-state index contributed by atoms with van der Waals surface area (Å²) in [5.74, 6) is 0.146. The maximum absolute atomic E-state index is 12.5. The number of pyridine rings is 1. The van der Waals surface area contributed by atoms with E-state index in [0.717, 1.165) is 6.42 Å². The third-order valence-corrected chi connectivity index (χ3v) is 6.85. The molecule has 3 rings (SSSR count). The molecule has 0 radical (unpaired) electrons. The number of rotatable bonds is 8. The van der Waals surface area contributed by atoms with Crippen molar-refractivity contribution in [2.75, 3.05) is 5.75 Å². The van der Waals surface area contributed by atoms with E-state index in [2.05, 4.69) is 9.97 Å².